The molecule has 0 amide bonds. The van der Waals surface area contributed by atoms with Crippen LogP contribution in [-0.4, -0.2) is 19.5 Å². The third-order valence-corrected chi connectivity index (χ3v) is 4.58. The summed E-state index contributed by atoms with van der Waals surface area (Å²) in [4.78, 5) is 0. The quantitative estimate of drug-likeness (QED) is 0.756. The highest BCUT2D eigenvalue weighted by Crippen LogP contribution is 2.38. The van der Waals surface area contributed by atoms with Gasteiger partial charge in [0.15, 0.2) is 11.5 Å². The molecule has 2 aromatic rings. The van der Waals surface area contributed by atoms with Crippen molar-refractivity contribution in [2.45, 2.75) is 12.5 Å². The Morgan fingerprint density at radius 1 is 1.00 bits per heavy atom. The normalized spacial score (nSPS) is 16.2. The van der Waals surface area contributed by atoms with Crippen molar-refractivity contribution < 1.29 is 22.6 Å². The second-order valence-corrected chi connectivity index (χ2v) is 6.44. The highest BCUT2D eigenvalue weighted by Gasteiger charge is 2.34. The highest BCUT2D eigenvalue weighted by atomic mass is 35.5. The second kappa shape index (κ2) is 7.32. The summed E-state index contributed by atoms with van der Waals surface area (Å²) in [5.41, 5.74) is 0.739. The Balaban J connectivity index is 1.90. The smallest absolute Gasteiger partial charge is 0.481 e. The van der Waals surface area contributed by atoms with E-state index in [0.717, 1.165) is 5.56 Å². The van der Waals surface area contributed by atoms with Gasteiger partial charge in [0, 0.05) is 19.0 Å². The summed E-state index contributed by atoms with van der Waals surface area (Å²) in [6.45, 7) is 1.38. The first kappa shape index (κ1) is 18.2. The molecule has 1 saturated heterocycles. The Morgan fingerprint density at radius 2 is 1.68 bits per heavy atom. The summed E-state index contributed by atoms with van der Waals surface area (Å²) in [6.07, 6.45) is -5.27. The van der Waals surface area contributed by atoms with Crippen molar-refractivity contribution in [3.63, 3.8) is 0 Å². The van der Waals surface area contributed by atoms with E-state index in [4.69, 9.17) is 27.9 Å². The molecule has 0 aromatic heterocycles. The van der Waals surface area contributed by atoms with Crippen LogP contribution in [0.5, 0.6) is 11.5 Å². The number of alkyl halides is 3. The maximum Gasteiger partial charge on any atom is 0.573 e. The van der Waals surface area contributed by atoms with Gasteiger partial charge in [-0.3, -0.25) is 0 Å². The van der Waals surface area contributed by atoms with Crippen molar-refractivity contribution in [1.82, 2.24) is 5.32 Å². The van der Waals surface area contributed by atoms with E-state index in [1.807, 2.05) is 0 Å². The van der Waals surface area contributed by atoms with Crippen LogP contribution in [0.25, 0.3) is 0 Å². The monoisotopic (exact) mass is 391 g/mol. The van der Waals surface area contributed by atoms with Crippen LogP contribution in [0.3, 0.4) is 0 Å². The van der Waals surface area contributed by atoms with Gasteiger partial charge >= 0.3 is 6.36 Å². The first-order valence-corrected chi connectivity index (χ1v) is 8.26. The van der Waals surface area contributed by atoms with Gasteiger partial charge in [-0.1, -0.05) is 41.4 Å². The zero-order chi connectivity index (χ0) is 18.0. The maximum atomic E-state index is 12.6. The van der Waals surface area contributed by atoms with E-state index in [-0.39, 0.29) is 17.4 Å². The first-order chi connectivity index (χ1) is 11.8. The molecule has 1 heterocycles. The molecule has 1 atom stereocenters. The molecule has 1 fully saturated rings. The van der Waals surface area contributed by atoms with Crippen molar-refractivity contribution in [2.75, 3.05) is 13.1 Å². The predicted molar refractivity (Wildman–Crippen MR) is 89.3 cm³/mol. The third kappa shape index (κ3) is 4.51. The number of hydrogen-bond acceptors (Lipinski definition) is 3. The average Bonchev–Trinajstić information content (AvgIpc) is 2.48. The fourth-order valence-electron chi connectivity index (χ4n) is 2.54. The lowest BCUT2D eigenvalue weighted by Crippen LogP contribution is -2.46. The minimum absolute atomic E-state index is 0.0165. The molecule has 1 aliphatic rings. The van der Waals surface area contributed by atoms with Gasteiger partial charge in [0.2, 0.25) is 0 Å². The van der Waals surface area contributed by atoms with E-state index in [1.54, 1.807) is 24.3 Å². The van der Waals surface area contributed by atoms with Crippen molar-refractivity contribution in [3.8, 4) is 11.5 Å². The van der Waals surface area contributed by atoms with Crippen molar-refractivity contribution in [2.24, 2.45) is 5.92 Å². The van der Waals surface area contributed by atoms with E-state index < -0.39 is 12.5 Å². The summed E-state index contributed by atoms with van der Waals surface area (Å²) in [7, 11) is 0. The van der Waals surface area contributed by atoms with Gasteiger partial charge in [0.25, 0.3) is 0 Å². The van der Waals surface area contributed by atoms with Gasteiger partial charge < -0.3 is 14.8 Å². The molecule has 1 N–H and O–H groups in total. The third-order valence-electron chi connectivity index (χ3n) is 3.84. The van der Waals surface area contributed by atoms with E-state index >= 15 is 0 Å². The van der Waals surface area contributed by atoms with Crippen LogP contribution in [0.2, 0.25) is 10.0 Å². The molecule has 0 spiro atoms. The molecule has 134 valence electrons. The van der Waals surface area contributed by atoms with E-state index in [1.165, 1.54) is 18.2 Å². The standard InChI is InChI=1S/C17H14Cl2F3NO2/c18-12-6-5-10(7-13(12)19)16(11-8-23-9-11)24-14-3-1-2-4-15(14)25-17(20,21)22/h1-7,11,16,23H,8-9H2. The van der Waals surface area contributed by atoms with Gasteiger partial charge in [0.1, 0.15) is 6.10 Å². The van der Waals surface area contributed by atoms with E-state index in [2.05, 4.69) is 10.1 Å². The van der Waals surface area contributed by atoms with Gasteiger partial charge in [-0.2, -0.15) is 0 Å². The second-order valence-electron chi connectivity index (χ2n) is 5.62. The number of nitrogens with one attached hydrogen (secondary N) is 1. The largest absolute Gasteiger partial charge is 0.573 e. The fourth-order valence-corrected chi connectivity index (χ4v) is 2.85. The van der Waals surface area contributed by atoms with Gasteiger partial charge in [0.05, 0.1) is 10.0 Å². The molecular formula is C17H14Cl2F3NO2. The molecule has 1 aliphatic heterocycles. The van der Waals surface area contributed by atoms with Crippen LogP contribution in [0.4, 0.5) is 13.2 Å². The SMILES string of the molecule is FC(F)(F)Oc1ccccc1OC(c1ccc(Cl)c(Cl)c1)C1CNC1. The summed E-state index contributed by atoms with van der Waals surface area (Å²) < 4.78 is 47.8. The van der Waals surface area contributed by atoms with Gasteiger partial charge in [-0.05, 0) is 29.8 Å². The number of ether oxygens (including phenoxy) is 2. The lowest BCUT2D eigenvalue weighted by Gasteiger charge is -2.35. The molecule has 1 unspecified atom stereocenters. The van der Waals surface area contributed by atoms with Crippen molar-refractivity contribution >= 4 is 23.2 Å². The van der Waals surface area contributed by atoms with E-state index in [0.29, 0.717) is 23.1 Å². The van der Waals surface area contributed by atoms with Crippen LogP contribution in [0, 0.1) is 5.92 Å². The zero-order valence-corrected chi connectivity index (χ0v) is 14.3. The summed E-state index contributed by atoms with van der Waals surface area (Å²) in [6, 6.07) is 10.8. The Hall–Kier alpha value is -1.63. The Kier molecular flexibility index (Phi) is 5.32. The molecule has 3 nitrogen and oxygen atoms in total. The zero-order valence-electron chi connectivity index (χ0n) is 12.8. The van der Waals surface area contributed by atoms with Crippen molar-refractivity contribution in [1.29, 1.82) is 0 Å². The molecule has 0 aliphatic carbocycles. The minimum Gasteiger partial charge on any atom is -0.481 e. The molecular weight excluding hydrogens is 378 g/mol. The molecule has 8 heteroatoms. The average molecular weight is 392 g/mol. The number of para-hydroxylation sites is 2. The molecule has 25 heavy (non-hydrogen) atoms. The Bertz CT molecular complexity index is 751. The fraction of sp³-hybridized carbons (Fsp3) is 0.294. The maximum absolute atomic E-state index is 12.6. The lowest BCUT2D eigenvalue weighted by molar-refractivity contribution is -0.275. The van der Waals surface area contributed by atoms with Gasteiger partial charge in [-0.15, -0.1) is 13.2 Å². The van der Waals surface area contributed by atoms with Crippen molar-refractivity contribution in [3.05, 3.63) is 58.1 Å². The van der Waals surface area contributed by atoms with Crippen LogP contribution in [0.15, 0.2) is 42.5 Å². The molecule has 2 aromatic carbocycles. The Morgan fingerprint density at radius 3 is 2.24 bits per heavy atom. The first-order valence-electron chi connectivity index (χ1n) is 7.50. The molecule has 0 saturated carbocycles. The summed E-state index contributed by atoms with van der Waals surface area (Å²) in [5, 5.41) is 3.89. The van der Waals surface area contributed by atoms with Crippen LogP contribution in [-0.2, 0) is 0 Å². The number of halogens is 5. The van der Waals surface area contributed by atoms with Crippen LogP contribution >= 0.6 is 23.2 Å². The van der Waals surface area contributed by atoms with Crippen LogP contribution in [0.1, 0.15) is 11.7 Å². The molecule has 3 rings (SSSR count). The van der Waals surface area contributed by atoms with E-state index in [9.17, 15) is 13.2 Å². The number of benzene rings is 2. The minimum atomic E-state index is -4.80. The number of hydrogen-bond donors (Lipinski definition) is 1. The lowest BCUT2D eigenvalue weighted by atomic mass is 9.91. The predicted octanol–water partition coefficient (Wildman–Crippen LogP) is 5.23. The summed E-state index contributed by atoms with van der Waals surface area (Å²) >= 11 is 12.0. The van der Waals surface area contributed by atoms with Gasteiger partial charge in [-0.25, -0.2) is 0 Å². The highest BCUT2D eigenvalue weighted by molar-refractivity contribution is 6.42. The van der Waals surface area contributed by atoms with Crippen LogP contribution < -0.4 is 14.8 Å². The Labute approximate surface area is 152 Å². The molecule has 0 bridgehead atoms. The molecule has 0 radical (unpaired) electrons. The topological polar surface area (TPSA) is 30.5 Å². The number of rotatable bonds is 5. The summed E-state index contributed by atoms with van der Waals surface area (Å²) in [5.74, 6) is -0.272.